The summed E-state index contributed by atoms with van der Waals surface area (Å²) in [7, 11) is -4.40. The van der Waals surface area contributed by atoms with E-state index in [0.29, 0.717) is 18.4 Å². The van der Waals surface area contributed by atoms with Crippen LogP contribution in [0.1, 0.15) is 57.6 Å². The van der Waals surface area contributed by atoms with E-state index in [1.807, 2.05) is 70.2 Å². The SMILES string of the molecule is CC.Cc1cc(C(=O)CP(=O)(O)O)cc(C)c1Cc1ccc(O)c(Cc2ccccc2)c1. The quantitative estimate of drug-likeness (QED) is 0.320. The predicted octanol–water partition coefficient (Wildman–Crippen LogP) is 5.58. The number of carbonyl (C=O) groups excluding carboxylic acids is 1. The summed E-state index contributed by atoms with van der Waals surface area (Å²) < 4.78 is 11.1. The van der Waals surface area contributed by atoms with Gasteiger partial charge in [0.05, 0.1) is 0 Å². The molecule has 0 aliphatic heterocycles. The molecule has 0 saturated carbocycles. The van der Waals surface area contributed by atoms with Gasteiger partial charge in [-0.15, -0.1) is 0 Å². The first-order chi connectivity index (χ1) is 15.1. The standard InChI is InChI=1S/C24H25O5P.C2H6/c1-16-10-20(24(26)15-30(27,28)29)11-17(2)22(16)14-19-8-9-23(25)21(13-19)12-18-6-4-3-5-7-18;1-2/h3-11,13,25H,12,14-15H2,1-2H3,(H2,27,28,29);1-2H3. The zero-order chi connectivity index (χ0) is 23.9. The molecule has 32 heavy (non-hydrogen) atoms. The summed E-state index contributed by atoms with van der Waals surface area (Å²) in [5, 5.41) is 10.3. The topological polar surface area (TPSA) is 94.8 Å². The Kier molecular flexibility index (Phi) is 8.97. The zero-order valence-electron chi connectivity index (χ0n) is 19.0. The van der Waals surface area contributed by atoms with Crippen molar-refractivity contribution >= 4 is 13.4 Å². The van der Waals surface area contributed by atoms with Crippen molar-refractivity contribution in [1.29, 1.82) is 0 Å². The van der Waals surface area contributed by atoms with Crippen LogP contribution in [0.2, 0.25) is 0 Å². The zero-order valence-corrected chi connectivity index (χ0v) is 19.9. The second-order valence-electron chi connectivity index (χ2n) is 7.64. The van der Waals surface area contributed by atoms with Gasteiger partial charge in [-0.1, -0.05) is 56.3 Å². The molecule has 0 saturated heterocycles. The van der Waals surface area contributed by atoms with Crippen molar-refractivity contribution in [3.05, 3.63) is 99.6 Å². The number of aromatic hydroxyl groups is 1. The molecule has 0 bridgehead atoms. The van der Waals surface area contributed by atoms with Gasteiger partial charge >= 0.3 is 7.60 Å². The molecule has 3 aromatic carbocycles. The second kappa shape index (κ2) is 11.2. The van der Waals surface area contributed by atoms with E-state index in [1.54, 1.807) is 18.2 Å². The predicted molar refractivity (Wildman–Crippen MR) is 129 cm³/mol. The molecule has 5 nitrogen and oxygen atoms in total. The van der Waals surface area contributed by atoms with Crippen molar-refractivity contribution in [3.63, 3.8) is 0 Å². The van der Waals surface area contributed by atoms with Gasteiger partial charge in [0.15, 0.2) is 5.78 Å². The molecule has 0 unspecified atom stereocenters. The fraction of sp³-hybridized carbons (Fsp3) is 0.269. The molecule has 170 valence electrons. The van der Waals surface area contributed by atoms with Gasteiger partial charge in [-0.05, 0) is 71.8 Å². The van der Waals surface area contributed by atoms with Crippen molar-refractivity contribution in [2.45, 2.75) is 40.5 Å². The number of benzene rings is 3. The van der Waals surface area contributed by atoms with Gasteiger partial charge in [0.2, 0.25) is 0 Å². The van der Waals surface area contributed by atoms with Crippen molar-refractivity contribution in [2.75, 3.05) is 6.16 Å². The van der Waals surface area contributed by atoms with E-state index in [1.165, 1.54) is 0 Å². The first-order valence-corrected chi connectivity index (χ1v) is 12.4. The number of Topliss-reactive ketones (excluding diaryl/α,β-unsaturated/α-hetero) is 1. The average Bonchev–Trinajstić information content (AvgIpc) is 2.74. The minimum atomic E-state index is -4.40. The first-order valence-electron chi connectivity index (χ1n) is 10.6. The smallest absolute Gasteiger partial charge is 0.333 e. The van der Waals surface area contributed by atoms with E-state index in [-0.39, 0.29) is 5.75 Å². The van der Waals surface area contributed by atoms with Crippen LogP contribution >= 0.6 is 7.60 Å². The molecule has 0 aliphatic carbocycles. The molecule has 0 amide bonds. The van der Waals surface area contributed by atoms with Crippen LogP contribution in [0.3, 0.4) is 0 Å². The number of hydrogen-bond acceptors (Lipinski definition) is 3. The Hall–Kier alpha value is -2.72. The second-order valence-corrected chi connectivity index (χ2v) is 9.28. The van der Waals surface area contributed by atoms with Crippen LogP contribution in [0.4, 0.5) is 0 Å². The Labute approximate surface area is 189 Å². The number of ketones is 1. The summed E-state index contributed by atoms with van der Waals surface area (Å²) in [6, 6.07) is 18.9. The van der Waals surface area contributed by atoms with Crippen LogP contribution in [0, 0.1) is 13.8 Å². The molecule has 0 atom stereocenters. The number of hydrogen-bond donors (Lipinski definition) is 3. The minimum Gasteiger partial charge on any atom is -0.508 e. The van der Waals surface area contributed by atoms with Crippen molar-refractivity contribution in [3.8, 4) is 5.75 Å². The van der Waals surface area contributed by atoms with Gasteiger partial charge in [0, 0.05) is 12.0 Å². The highest BCUT2D eigenvalue weighted by molar-refractivity contribution is 7.52. The molecule has 0 fully saturated rings. The molecule has 0 aliphatic rings. The molecule has 3 rings (SSSR count). The lowest BCUT2D eigenvalue weighted by Crippen LogP contribution is -2.08. The molecule has 3 N–H and O–H groups in total. The van der Waals surface area contributed by atoms with Crippen LogP contribution in [0.5, 0.6) is 5.75 Å². The minimum absolute atomic E-state index is 0.259. The number of phenols is 1. The number of aryl methyl sites for hydroxylation is 2. The van der Waals surface area contributed by atoms with E-state index in [2.05, 4.69) is 0 Å². The third-order valence-corrected chi connectivity index (χ3v) is 5.83. The summed E-state index contributed by atoms with van der Waals surface area (Å²) in [6.45, 7) is 7.78. The highest BCUT2D eigenvalue weighted by Crippen LogP contribution is 2.35. The average molecular weight is 455 g/mol. The van der Waals surface area contributed by atoms with Gasteiger partial charge in [0.25, 0.3) is 0 Å². The summed E-state index contributed by atoms with van der Waals surface area (Å²) in [5.41, 5.74) is 6.15. The molecular formula is C26H31O5P. The lowest BCUT2D eigenvalue weighted by Gasteiger charge is -2.14. The normalized spacial score (nSPS) is 10.9. The van der Waals surface area contributed by atoms with Crippen LogP contribution < -0.4 is 0 Å². The maximum Gasteiger partial charge on any atom is 0.333 e. The van der Waals surface area contributed by atoms with Gasteiger partial charge in [-0.25, -0.2) is 0 Å². The summed E-state index contributed by atoms with van der Waals surface area (Å²) in [5.74, 6) is -0.301. The van der Waals surface area contributed by atoms with Gasteiger partial charge in [0.1, 0.15) is 11.9 Å². The fourth-order valence-electron chi connectivity index (χ4n) is 3.62. The highest BCUT2D eigenvalue weighted by Gasteiger charge is 2.21. The van der Waals surface area contributed by atoms with E-state index in [9.17, 15) is 14.5 Å². The lowest BCUT2D eigenvalue weighted by molar-refractivity contribution is 0.101. The largest absolute Gasteiger partial charge is 0.508 e. The van der Waals surface area contributed by atoms with Crippen LogP contribution in [-0.2, 0) is 17.4 Å². The van der Waals surface area contributed by atoms with E-state index in [4.69, 9.17) is 9.79 Å². The summed E-state index contributed by atoms with van der Waals surface area (Å²) >= 11 is 0. The van der Waals surface area contributed by atoms with E-state index < -0.39 is 19.5 Å². The van der Waals surface area contributed by atoms with Gasteiger partial charge < -0.3 is 14.9 Å². The Morgan fingerprint density at radius 3 is 2.00 bits per heavy atom. The van der Waals surface area contributed by atoms with Crippen molar-refractivity contribution < 1.29 is 24.3 Å². The molecule has 0 heterocycles. The number of carbonyl (C=O) groups is 1. The maximum absolute atomic E-state index is 12.2. The highest BCUT2D eigenvalue weighted by atomic mass is 31.2. The van der Waals surface area contributed by atoms with Crippen LogP contribution in [0.25, 0.3) is 0 Å². The molecular weight excluding hydrogens is 423 g/mol. The summed E-state index contributed by atoms with van der Waals surface area (Å²) in [4.78, 5) is 30.3. The molecule has 6 heteroatoms. The Bertz CT molecular complexity index is 1090. The fourth-order valence-corrected chi connectivity index (χ4v) is 4.18. The monoisotopic (exact) mass is 454 g/mol. The third-order valence-electron chi connectivity index (χ3n) is 5.13. The molecule has 3 aromatic rings. The Balaban J connectivity index is 0.00000176. The maximum atomic E-state index is 12.2. The number of rotatable bonds is 7. The summed E-state index contributed by atoms with van der Waals surface area (Å²) in [6.07, 6.45) is 0.479. The first kappa shape index (κ1) is 25.5. The van der Waals surface area contributed by atoms with Crippen LogP contribution in [0.15, 0.2) is 60.7 Å². The van der Waals surface area contributed by atoms with Crippen molar-refractivity contribution in [1.82, 2.24) is 0 Å². The number of phenolic OH excluding ortho intramolecular Hbond substituents is 1. The lowest BCUT2D eigenvalue weighted by atomic mass is 9.92. The van der Waals surface area contributed by atoms with Crippen molar-refractivity contribution in [2.24, 2.45) is 0 Å². The molecule has 0 spiro atoms. The van der Waals surface area contributed by atoms with Gasteiger partial charge in [-0.2, -0.15) is 0 Å². The van der Waals surface area contributed by atoms with Gasteiger partial charge in [-0.3, -0.25) is 9.36 Å². The third kappa shape index (κ3) is 7.16. The van der Waals surface area contributed by atoms with E-state index in [0.717, 1.165) is 33.4 Å². The Morgan fingerprint density at radius 1 is 0.844 bits per heavy atom. The Morgan fingerprint density at radius 2 is 1.44 bits per heavy atom. The van der Waals surface area contributed by atoms with E-state index >= 15 is 0 Å². The van der Waals surface area contributed by atoms with Crippen LogP contribution in [-0.4, -0.2) is 26.8 Å². The molecule has 0 radical (unpaired) electrons. The molecule has 0 aromatic heterocycles.